The highest BCUT2D eigenvalue weighted by Crippen LogP contribution is 2.25. The van der Waals surface area contributed by atoms with E-state index in [9.17, 15) is 9.18 Å². The molecular formula is C19H22FN3O. The van der Waals surface area contributed by atoms with Gasteiger partial charge < -0.3 is 15.5 Å². The van der Waals surface area contributed by atoms with Crippen LogP contribution in [0.25, 0.3) is 0 Å². The summed E-state index contributed by atoms with van der Waals surface area (Å²) in [6.07, 6.45) is 3.54. The maximum absolute atomic E-state index is 14.0. The zero-order valence-electron chi connectivity index (χ0n) is 13.6. The van der Waals surface area contributed by atoms with Crippen LogP contribution < -0.4 is 15.5 Å². The van der Waals surface area contributed by atoms with Crippen LogP contribution in [0.15, 0.2) is 48.5 Å². The summed E-state index contributed by atoms with van der Waals surface area (Å²) in [5, 5.41) is 5.35. The molecule has 2 aromatic rings. The van der Waals surface area contributed by atoms with Crippen molar-refractivity contribution >= 4 is 17.4 Å². The van der Waals surface area contributed by atoms with Crippen molar-refractivity contribution < 1.29 is 9.18 Å². The number of hydrogen-bond acceptors (Lipinski definition) is 2. The number of rotatable bonds is 4. The summed E-state index contributed by atoms with van der Waals surface area (Å²) >= 11 is 0. The lowest BCUT2D eigenvalue weighted by atomic mass is 10.1. The Labute approximate surface area is 141 Å². The topological polar surface area (TPSA) is 44.4 Å². The minimum Gasteiger partial charge on any atom is -0.371 e. The smallest absolute Gasteiger partial charge is 0.319 e. The third kappa shape index (κ3) is 4.25. The first-order valence-electron chi connectivity index (χ1n) is 8.35. The number of urea groups is 1. The Morgan fingerprint density at radius 2 is 1.79 bits per heavy atom. The molecule has 3 rings (SSSR count). The normalized spacial score (nSPS) is 14.3. The summed E-state index contributed by atoms with van der Waals surface area (Å²) in [7, 11) is 0. The van der Waals surface area contributed by atoms with Gasteiger partial charge in [-0.3, -0.25) is 0 Å². The van der Waals surface area contributed by atoms with Crippen LogP contribution in [0.4, 0.5) is 20.6 Å². The average molecular weight is 327 g/mol. The van der Waals surface area contributed by atoms with Gasteiger partial charge >= 0.3 is 6.03 Å². The van der Waals surface area contributed by atoms with Gasteiger partial charge in [-0.05, 0) is 43.0 Å². The van der Waals surface area contributed by atoms with E-state index in [0.717, 1.165) is 37.2 Å². The average Bonchev–Trinajstić information content (AvgIpc) is 2.63. The Morgan fingerprint density at radius 1 is 1.04 bits per heavy atom. The van der Waals surface area contributed by atoms with Gasteiger partial charge in [-0.2, -0.15) is 0 Å². The molecule has 0 radical (unpaired) electrons. The molecule has 0 saturated carbocycles. The van der Waals surface area contributed by atoms with Gasteiger partial charge in [-0.15, -0.1) is 0 Å². The third-order valence-corrected chi connectivity index (χ3v) is 4.22. The van der Waals surface area contributed by atoms with E-state index in [2.05, 4.69) is 15.5 Å². The molecule has 0 unspecified atom stereocenters. The van der Waals surface area contributed by atoms with Crippen LogP contribution in [0.1, 0.15) is 24.8 Å². The number of carbonyl (C=O) groups excluding carboxylic acids is 1. The van der Waals surface area contributed by atoms with Gasteiger partial charge in [0.1, 0.15) is 5.82 Å². The van der Waals surface area contributed by atoms with E-state index < -0.39 is 11.8 Å². The van der Waals surface area contributed by atoms with Crippen molar-refractivity contribution in [2.75, 3.05) is 23.3 Å². The molecular weight excluding hydrogens is 305 g/mol. The summed E-state index contributed by atoms with van der Waals surface area (Å²) in [6, 6.07) is 14.1. The second-order valence-electron chi connectivity index (χ2n) is 6.01. The zero-order chi connectivity index (χ0) is 16.8. The van der Waals surface area contributed by atoms with E-state index in [1.807, 2.05) is 30.3 Å². The minimum atomic E-state index is -0.425. The SMILES string of the molecule is O=C(NCc1ccccc1)Nc1cc(N2CCCCC2)ccc1F. The molecule has 1 saturated heterocycles. The molecule has 4 nitrogen and oxygen atoms in total. The highest BCUT2D eigenvalue weighted by atomic mass is 19.1. The fourth-order valence-electron chi connectivity index (χ4n) is 2.90. The van der Waals surface area contributed by atoms with Gasteiger partial charge in [0.05, 0.1) is 5.69 Å². The van der Waals surface area contributed by atoms with Gasteiger partial charge in [0, 0.05) is 25.3 Å². The van der Waals surface area contributed by atoms with E-state index in [1.165, 1.54) is 12.5 Å². The molecule has 0 spiro atoms. The fourth-order valence-corrected chi connectivity index (χ4v) is 2.90. The molecule has 1 fully saturated rings. The Balaban J connectivity index is 1.62. The lowest BCUT2D eigenvalue weighted by molar-refractivity contribution is 0.251. The number of piperidine rings is 1. The summed E-state index contributed by atoms with van der Waals surface area (Å²) in [6.45, 7) is 2.36. The monoisotopic (exact) mass is 327 g/mol. The standard InChI is InChI=1S/C19H22FN3O/c20-17-10-9-16(23-11-5-2-6-12-23)13-18(17)22-19(24)21-14-15-7-3-1-4-8-15/h1,3-4,7-10,13H,2,5-6,11-12,14H2,(H2,21,22,24). The van der Waals surface area contributed by atoms with E-state index in [4.69, 9.17) is 0 Å². The predicted octanol–water partition coefficient (Wildman–Crippen LogP) is 4.14. The van der Waals surface area contributed by atoms with Crippen LogP contribution in [0.5, 0.6) is 0 Å². The maximum atomic E-state index is 14.0. The van der Waals surface area contributed by atoms with Crippen molar-refractivity contribution in [2.45, 2.75) is 25.8 Å². The minimum absolute atomic E-state index is 0.212. The van der Waals surface area contributed by atoms with Crippen LogP contribution in [0, 0.1) is 5.82 Å². The molecule has 126 valence electrons. The van der Waals surface area contributed by atoms with Crippen molar-refractivity contribution in [3.05, 3.63) is 59.9 Å². The van der Waals surface area contributed by atoms with Gasteiger partial charge in [0.15, 0.2) is 0 Å². The lowest BCUT2D eigenvalue weighted by Crippen LogP contribution is -2.30. The van der Waals surface area contributed by atoms with Gasteiger partial charge in [-0.25, -0.2) is 9.18 Å². The maximum Gasteiger partial charge on any atom is 0.319 e. The van der Waals surface area contributed by atoms with E-state index in [0.29, 0.717) is 6.54 Å². The zero-order valence-corrected chi connectivity index (χ0v) is 13.6. The van der Waals surface area contributed by atoms with E-state index in [-0.39, 0.29) is 5.69 Å². The molecule has 2 N–H and O–H groups in total. The van der Waals surface area contributed by atoms with Gasteiger partial charge in [0.2, 0.25) is 0 Å². The number of halogens is 1. The molecule has 2 amide bonds. The first kappa shape index (κ1) is 16.3. The second-order valence-corrected chi connectivity index (χ2v) is 6.01. The van der Waals surface area contributed by atoms with Crippen LogP contribution in [0.2, 0.25) is 0 Å². The second kappa shape index (κ2) is 7.81. The van der Waals surface area contributed by atoms with Crippen molar-refractivity contribution in [2.24, 2.45) is 0 Å². The summed E-state index contributed by atoms with van der Waals surface area (Å²) in [5.41, 5.74) is 2.16. The molecule has 1 aliphatic heterocycles. The summed E-state index contributed by atoms with van der Waals surface area (Å²) < 4.78 is 14.0. The molecule has 5 heteroatoms. The molecule has 1 heterocycles. The van der Waals surface area contributed by atoms with Crippen molar-refractivity contribution in [3.63, 3.8) is 0 Å². The summed E-state index contributed by atoms with van der Waals surface area (Å²) in [5.74, 6) is -0.425. The first-order valence-corrected chi connectivity index (χ1v) is 8.35. The van der Waals surface area contributed by atoms with Crippen molar-refractivity contribution in [1.82, 2.24) is 5.32 Å². The highest BCUT2D eigenvalue weighted by molar-refractivity contribution is 5.90. The molecule has 1 aliphatic rings. The largest absolute Gasteiger partial charge is 0.371 e. The lowest BCUT2D eigenvalue weighted by Gasteiger charge is -2.29. The molecule has 2 aromatic carbocycles. The van der Waals surface area contributed by atoms with Crippen LogP contribution in [-0.2, 0) is 6.54 Å². The number of nitrogens with one attached hydrogen (secondary N) is 2. The Bertz CT molecular complexity index is 684. The van der Waals surface area contributed by atoms with Gasteiger partial charge in [0.25, 0.3) is 0 Å². The highest BCUT2D eigenvalue weighted by Gasteiger charge is 2.14. The van der Waals surface area contributed by atoms with Crippen molar-refractivity contribution in [1.29, 1.82) is 0 Å². The van der Waals surface area contributed by atoms with Crippen LogP contribution >= 0.6 is 0 Å². The number of amides is 2. The Morgan fingerprint density at radius 3 is 2.54 bits per heavy atom. The quantitative estimate of drug-likeness (QED) is 0.886. The van der Waals surface area contributed by atoms with Gasteiger partial charge in [-0.1, -0.05) is 30.3 Å². The molecule has 0 aliphatic carbocycles. The van der Waals surface area contributed by atoms with Crippen molar-refractivity contribution in [3.8, 4) is 0 Å². The van der Waals surface area contributed by atoms with Crippen LogP contribution in [0.3, 0.4) is 0 Å². The number of anilines is 2. The number of benzene rings is 2. The molecule has 24 heavy (non-hydrogen) atoms. The first-order chi connectivity index (χ1) is 11.7. The number of nitrogens with zero attached hydrogens (tertiary/aromatic N) is 1. The molecule has 0 atom stereocenters. The molecule has 0 bridgehead atoms. The Hall–Kier alpha value is -2.56. The van der Waals surface area contributed by atoms with E-state index >= 15 is 0 Å². The predicted molar refractivity (Wildman–Crippen MR) is 94.8 cm³/mol. The third-order valence-electron chi connectivity index (χ3n) is 4.22. The summed E-state index contributed by atoms with van der Waals surface area (Å²) in [4.78, 5) is 14.3. The van der Waals surface area contributed by atoms with Crippen LogP contribution in [-0.4, -0.2) is 19.1 Å². The molecule has 0 aromatic heterocycles. The number of hydrogen-bond donors (Lipinski definition) is 2. The number of carbonyl (C=O) groups is 1. The fraction of sp³-hybridized carbons (Fsp3) is 0.316. The van der Waals surface area contributed by atoms with E-state index in [1.54, 1.807) is 12.1 Å². The Kier molecular flexibility index (Phi) is 5.31.